The Labute approximate surface area is 117 Å². The van der Waals surface area contributed by atoms with Crippen LogP contribution in [0.5, 0.6) is 0 Å². The molecule has 0 unspecified atom stereocenters. The van der Waals surface area contributed by atoms with Gasteiger partial charge in [-0.3, -0.25) is 0 Å². The van der Waals surface area contributed by atoms with Crippen molar-refractivity contribution in [2.75, 3.05) is 0 Å². The summed E-state index contributed by atoms with van der Waals surface area (Å²) in [6, 6.07) is 5.27. The Morgan fingerprint density at radius 2 is 2.32 bits per heavy atom. The molecule has 0 aliphatic carbocycles. The summed E-state index contributed by atoms with van der Waals surface area (Å²) in [6.07, 6.45) is 0. The third-order valence-electron chi connectivity index (χ3n) is 2.69. The Morgan fingerprint density at radius 3 is 2.95 bits per heavy atom. The molecule has 0 aliphatic heterocycles. The molecule has 3 heterocycles. The van der Waals surface area contributed by atoms with Crippen LogP contribution < -0.4 is 0 Å². The molecule has 0 atom stereocenters. The SMILES string of the molecule is Cc1nn2c(C(=O)O)cc(-c3cccs3)nc2c1Cl. The number of aromatic nitrogens is 3. The second kappa shape index (κ2) is 4.32. The van der Waals surface area contributed by atoms with E-state index in [1.807, 2.05) is 17.5 Å². The molecule has 7 heteroatoms. The highest BCUT2D eigenvalue weighted by atomic mass is 35.5. The molecule has 0 radical (unpaired) electrons. The van der Waals surface area contributed by atoms with Crippen LogP contribution in [0, 0.1) is 6.92 Å². The summed E-state index contributed by atoms with van der Waals surface area (Å²) in [5.74, 6) is -1.07. The van der Waals surface area contributed by atoms with Crippen molar-refractivity contribution in [3.63, 3.8) is 0 Å². The Hall–Kier alpha value is -1.92. The van der Waals surface area contributed by atoms with E-state index in [-0.39, 0.29) is 5.69 Å². The van der Waals surface area contributed by atoms with Gasteiger partial charge in [0.15, 0.2) is 11.3 Å². The number of aromatic carboxylic acids is 1. The number of rotatable bonds is 2. The number of carboxylic acid groups (broad SMARTS) is 1. The number of carbonyl (C=O) groups is 1. The van der Waals surface area contributed by atoms with E-state index in [9.17, 15) is 9.90 Å². The van der Waals surface area contributed by atoms with Crippen molar-refractivity contribution < 1.29 is 9.90 Å². The van der Waals surface area contributed by atoms with Crippen LogP contribution in [0.15, 0.2) is 23.6 Å². The van der Waals surface area contributed by atoms with Crippen LogP contribution in [0.25, 0.3) is 16.2 Å². The summed E-state index contributed by atoms with van der Waals surface area (Å²) in [4.78, 5) is 16.6. The monoisotopic (exact) mass is 293 g/mol. The van der Waals surface area contributed by atoms with Crippen molar-refractivity contribution in [2.45, 2.75) is 6.92 Å². The van der Waals surface area contributed by atoms with E-state index in [0.29, 0.717) is 22.1 Å². The number of hydrogen-bond acceptors (Lipinski definition) is 4. The standard InChI is InChI=1S/C12H8ClN3O2S/c1-6-10(13)11-14-7(9-3-2-4-19-9)5-8(12(17)18)16(11)15-6/h2-5H,1H3,(H,17,18). The zero-order valence-corrected chi connectivity index (χ0v) is 11.4. The van der Waals surface area contributed by atoms with E-state index in [1.54, 1.807) is 6.92 Å². The van der Waals surface area contributed by atoms with Gasteiger partial charge < -0.3 is 5.11 Å². The molecular formula is C12H8ClN3O2S. The molecule has 0 saturated heterocycles. The maximum absolute atomic E-state index is 11.3. The minimum absolute atomic E-state index is 0.0448. The summed E-state index contributed by atoms with van der Waals surface area (Å²) in [7, 11) is 0. The third-order valence-corrected chi connectivity index (χ3v) is 4.02. The van der Waals surface area contributed by atoms with Gasteiger partial charge in [-0.1, -0.05) is 17.7 Å². The average molecular weight is 294 g/mol. The van der Waals surface area contributed by atoms with Crippen LogP contribution in [0.4, 0.5) is 0 Å². The van der Waals surface area contributed by atoms with Crippen LogP contribution in [-0.2, 0) is 0 Å². The predicted octanol–water partition coefficient (Wildman–Crippen LogP) is 3.12. The lowest BCUT2D eigenvalue weighted by Crippen LogP contribution is -2.08. The fourth-order valence-corrected chi connectivity index (χ4v) is 2.65. The quantitative estimate of drug-likeness (QED) is 0.788. The van der Waals surface area contributed by atoms with Crippen LogP contribution in [0.3, 0.4) is 0 Å². The lowest BCUT2D eigenvalue weighted by molar-refractivity contribution is 0.0687. The maximum Gasteiger partial charge on any atom is 0.354 e. The molecule has 3 aromatic rings. The number of hydrogen-bond donors (Lipinski definition) is 1. The molecule has 3 aromatic heterocycles. The summed E-state index contributed by atoms with van der Waals surface area (Å²) in [5.41, 5.74) is 1.55. The van der Waals surface area contributed by atoms with Crippen LogP contribution in [0.1, 0.15) is 16.2 Å². The first-order valence-electron chi connectivity index (χ1n) is 5.41. The van der Waals surface area contributed by atoms with Gasteiger partial charge in [0.05, 0.1) is 16.3 Å². The maximum atomic E-state index is 11.3. The fraction of sp³-hybridized carbons (Fsp3) is 0.0833. The zero-order chi connectivity index (χ0) is 13.6. The highest BCUT2D eigenvalue weighted by Crippen LogP contribution is 2.27. The van der Waals surface area contributed by atoms with Crippen LogP contribution in [0.2, 0.25) is 5.02 Å². The minimum atomic E-state index is -1.07. The second-order valence-electron chi connectivity index (χ2n) is 3.94. The van der Waals surface area contributed by atoms with Gasteiger partial charge >= 0.3 is 5.97 Å². The first kappa shape index (κ1) is 12.1. The van der Waals surface area contributed by atoms with Crippen molar-refractivity contribution in [1.29, 1.82) is 0 Å². The zero-order valence-electron chi connectivity index (χ0n) is 9.79. The highest BCUT2D eigenvalue weighted by Gasteiger charge is 2.18. The van der Waals surface area contributed by atoms with Gasteiger partial charge in [-0.15, -0.1) is 11.3 Å². The van der Waals surface area contributed by atoms with Crippen molar-refractivity contribution in [3.05, 3.63) is 40.0 Å². The first-order chi connectivity index (χ1) is 9.08. The van der Waals surface area contributed by atoms with E-state index in [2.05, 4.69) is 10.1 Å². The van der Waals surface area contributed by atoms with Crippen LogP contribution >= 0.6 is 22.9 Å². The third kappa shape index (κ3) is 1.89. The van der Waals surface area contributed by atoms with E-state index < -0.39 is 5.97 Å². The number of nitrogens with zero attached hydrogens (tertiary/aromatic N) is 3. The molecule has 0 fully saturated rings. The van der Waals surface area contributed by atoms with Gasteiger partial charge in [-0.25, -0.2) is 14.3 Å². The fourth-order valence-electron chi connectivity index (χ4n) is 1.80. The van der Waals surface area contributed by atoms with E-state index >= 15 is 0 Å². The van der Waals surface area contributed by atoms with Crippen molar-refractivity contribution in [3.8, 4) is 10.6 Å². The first-order valence-corrected chi connectivity index (χ1v) is 6.66. The molecule has 5 nitrogen and oxygen atoms in total. The Kier molecular flexibility index (Phi) is 2.76. The summed E-state index contributed by atoms with van der Waals surface area (Å²) in [6.45, 7) is 1.72. The molecule has 19 heavy (non-hydrogen) atoms. The molecule has 96 valence electrons. The largest absolute Gasteiger partial charge is 0.477 e. The van der Waals surface area contributed by atoms with Gasteiger partial charge in [0, 0.05) is 0 Å². The van der Waals surface area contributed by atoms with Gasteiger partial charge in [-0.2, -0.15) is 5.10 Å². The Bertz CT molecular complexity index is 780. The van der Waals surface area contributed by atoms with Crippen LogP contribution in [-0.4, -0.2) is 25.7 Å². The van der Waals surface area contributed by atoms with Gasteiger partial charge in [0.25, 0.3) is 0 Å². The Balaban J connectivity index is 2.38. The molecule has 0 aliphatic rings. The number of carboxylic acids is 1. The van der Waals surface area contributed by atoms with Crippen molar-refractivity contribution >= 4 is 34.6 Å². The van der Waals surface area contributed by atoms with Gasteiger partial charge in [-0.05, 0) is 24.4 Å². The van der Waals surface area contributed by atoms with E-state index in [4.69, 9.17) is 11.6 Å². The van der Waals surface area contributed by atoms with Gasteiger partial charge in [0.1, 0.15) is 5.02 Å². The molecule has 0 amide bonds. The molecule has 0 saturated carbocycles. The minimum Gasteiger partial charge on any atom is -0.477 e. The number of aryl methyl sites for hydroxylation is 1. The summed E-state index contributed by atoms with van der Waals surface area (Å²) < 4.78 is 1.26. The molecule has 3 rings (SSSR count). The predicted molar refractivity (Wildman–Crippen MR) is 73.0 cm³/mol. The molecule has 1 N–H and O–H groups in total. The molecular weight excluding hydrogens is 286 g/mol. The molecule has 0 aromatic carbocycles. The topological polar surface area (TPSA) is 67.5 Å². The summed E-state index contributed by atoms with van der Waals surface area (Å²) >= 11 is 7.61. The van der Waals surface area contributed by atoms with Crippen molar-refractivity contribution in [1.82, 2.24) is 14.6 Å². The number of halogens is 1. The highest BCUT2D eigenvalue weighted by molar-refractivity contribution is 7.13. The number of thiophene rings is 1. The van der Waals surface area contributed by atoms with E-state index in [0.717, 1.165) is 4.88 Å². The lowest BCUT2D eigenvalue weighted by atomic mass is 10.3. The smallest absolute Gasteiger partial charge is 0.354 e. The average Bonchev–Trinajstić information content (AvgIpc) is 2.99. The second-order valence-corrected chi connectivity index (χ2v) is 5.27. The molecule has 0 bridgehead atoms. The number of fused-ring (bicyclic) bond motifs is 1. The van der Waals surface area contributed by atoms with E-state index in [1.165, 1.54) is 21.9 Å². The normalized spacial score (nSPS) is 11.1. The summed E-state index contributed by atoms with van der Waals surface area (Å²) in [5, 5.41) is 15.7. The lowest BCUT2D eigenvalue weighted by Gasteiger charge is -2.03. The molecule has 0 spiro atoms. The van der Waals surface area contributed by atoms with Gasteiger partial charge in [0.2, 0.25) is 0 Å². The van der Waals surface area contributed by atoms with Crippen molar-refractivity contribution in [2.24, 2.45) is 0 Å². The Morgan fingerprint density at radius 1 is 1.53 bits per heavy atom.